The number of hydrogen-bond acceptors (Lipinski definition) is 3. The molecule has 3 unspecified atom stereocenters. The van der Waals surface area contributed by atoms with Gasteiger partial charge in [0, 0.05) is 25.6 Å². The van der Waals surface area contributed by atoms with Crippen LogP contribution in [0.15, 0.2) is 4.99 Å². The van der Waals surface area contributed by atoms with Crippen molar-refractivity contribution < 1.29 is 23.0 Å². The van der Waals surface area contributed by atoms with E-state index in [1.54, 1.807) is 7.11 Å². The lowest BCUT2D eigenvalue weighted by molar-refractivity contribution is -0.201. The first-order valence-electron chi connectivity index (χ1n) is 6.75. The van der Waals surface area contributed by atoms with E-state index in [0.717, 1.165) is 6.42 Å². The van der Waals surface area contributed by atoms with Gasteiger partial charge >= 0.3 is 6.18 Å². The number of alkyl halides is 3. The van der Waals surface area contributed by atoms with Gasteiger partial charge in [-0.05, 0) is 13.3 Å². The second-order valence-corrected chi connectivity index (χ2v) is 6.07. The lowest BCUT2D eigenvalue weighted by Gasteiger charge is -2.59. The lowest BCUT2D eigenvalue weighted by atomic mass is 9.56. The zero-order valence-corrected chi connectivity index (χ0v) is 13.0. The standard InChI is InChI=1S/C13H24F3N3O2/c1-11(2)8(6-12(11,3)21-5)19-10(17-4)18-7-9(20)13(14,15)16/h8-9,20H,6-7H2,1-5H3,(H2,17,18,19). The predicted molar refractivity (Wildman–Crippen MR) is 74.2 cm³/mol. The number of aliphatic imine (C=N–C) groups is 1. The van der Waals surface area contributed by atoms with Crippen LogP contribution in [0.2, 0.25) is 0 Å². The van der Waals surface area contributed by atoms with Gasteiger partial charge in [-0.1, -0.05) is 13.8 Å². The first kappa shape index (κ1) is 18.0. The molecule has 0 heterocycles. The summed E-state index contributed by atoms with van der Waals surface area (Å²) in [6.45, 7) is 5.40. The maximum Gasteiger partial charge on any atom is 0.416 e. The molecule has 1 aliphatic carbocycles. The largest absolute Gasteiger partial charge is 0.416 e. The average molecular weight is 311 g/mol. The summed E-state index contributed by atoms with van der Waals surface area (Å²) in [5.41, 5.74) is -0.475. The van der Waals surface area contributed by atoms with Gasteiger partial charge in [0.15, 0.2) is 12.1 Å². The number of methoxy groups -OCH3 is 1. The smallest absolute Gasteiger partial charge is 0.382 e. The second kappa shape index (κ2) is 6.00. The third-order valence-electron chi connectivity index (χ3n) is 4.65. The van der Waals surface area contributed by atoms with E-state index in [9.17, 15) is 13.2 Å². The summed E-state index contributed by atoms with van der Waals surface area (Å²) < 4.78 is 42.2. The third-order valence-corrected chi connectivity index (χ3v) is 4.65. The fourth-order valence-electron chi connectivity index (χ4n) is 2.39. The molecule has 5 nitrogen and oxygen atoms in total. The Morgan fingerprint density at radius 2 is 2.00 bits per heavy atom. The van der Waals surface area contributed by atoms with Gasteiger partial charge in [0.2, 0.25) is 0 Å². The topological polar surface area (TPSA) is 65.9 Å². The summed E-state index contributed by atoms with van der Waals surface area (Å²) in [6.07, 6.45) is -6.34. The maximum absolute atomic E-state index is 12.2. The number of rotatable bonds is 4. The number of hydrogen-bond donors (Lipinski definition) is 3. The van der Waals surface area contributed by atoms with Gasteiger partial charge in [-0.15, -0.1) is 0 Å². The van der Waals surface area contributed by atoms with E-state index in [0.29, 0.717) is 0 Å². The number of ether oxygens (including phenoxy) is 1. The van der Waals surface area contributed by atoms with E-state index in [1.807, 2.05) is 20.8 Å². The minimum Gasteiger partial charge on any atom is -0.382 e. The summed E-state index contributed by atoms with van der Waals surface area (Å²) >= 11 is 0. The number of aliphatic hydroxyl groups excluding tert-OH is 1. The van der Waals surface area contributed by atoms with Crippen LogP contribution >= 0.6 is 0 Å². The van der Waals surface area contributed by atoms with Crippen LogP contribution < -0.4 is 10.6 Å². The molecule has 3 atom stereocenters. The number of nitrogens with one attached hydrogen (secondary N) is 2. The van der Waals surface area contributed by atoms with E-state index >= 15 is 0 Å². The molecule has 3 N–H and O–H groups in total. The molecule has 0 radical (unpaired) electrons. The fraction of sp³-hybridized carbons (Fsp3) is 0.923. The quantitative estimate of drug-likeness (QED) is 0.540. The highest BCUT2D eigenvalue weighted by molar-refractivity contribution is 5.80. The van der Waals surface area contributed by atoms with Crippen LogP contribution in [0.5, 0.6) is 0 Å². The molecule has 124 valence electrons. The number of aliphatic hydroxyl groups is 1. The van der Waals surface area contributed by atoms with Gasteiger partial charge in [-0.25, -0.2) is 0 Å². The molecule has 0 aliphatic heterocycles. The Balaban J connectivity index is 2.55. The van der Waals surface area contributed by atoms with Crippen molar-refractivity contribution in [2.75, 3.05) is 20.7 Å². The number of nitrogens with zero attached hydrogens (tertiary/aromatic N) is 1. The SMILES string of the molecule is CN=C(NCC(O)C(F)(F)F)NC1CC(C)(OC)C1(C)C. The normalized spacial score (nSPS) is 30.5. The van der Waals surface area contributed by atoms with Gasteiger partial charge in [-0.2, -0.15) is 13.2 Å². The van der Waals surface area contributed by atoms with Crippen molar-refractivity contribution in [3.8, 4) is 0 Å². The Kier molecular flexibility index (Phi) is 5.15. The van der Waals surface area contributed by atoms with Crippen LogP contribution in [0.3, 0.4) is 0 Å². The van der Waals surface area contributed by atoms with Crippen molar-refractivity contribution in [2.24, 2.45) is 10.4 Å². The molecular formula is C13H24F3N3O2. The molecule has 0 bridgehead atoms. The molecule has 0 aromatic heterocycles. The van der Waals surface area contributed by atoms with Crippen molar-refractivity contribution in [3.05, 3.63) is 0 Å². The lowest BCUT2D eigenvalue weighted by Crippen LogP contribution is -2.69. The zero-order chi connectivity index (χ0) is 16.5. The van der Waals surface area contributed by atoms with E-state index in [2.05, 4.69) is 15.6 Å². The van der Waals surface area contributed by atoms with Gasteiger partial charge in [0.25, 0.3) is 0 Å². The van der Waals surface area contributed by atoms with Crippen molar-refractivity contribution >= 4 is 5.96 Å². The number of guanidine groups is 1. The first-order chi connectivity index (χ1) is 9.48. The Morgan fingerprint density at radius 1 is 1.43 bits per heavy atom. The maximum atomic E-state index is 12.2. The molecule has 1 saturated carbocycles. The van der Waals surface area contributed by atoms with Crippen LogP contribution in [-0.2, 0) is 4.74 Å². The first-order valence-corrected chi connectivity index (χ1v) is 6.75. The van der Waals surface area contributed by atoms with Gasteiger partial charge in [-0.3, -0.25) is 4.99 Å². The highest BCUT2D eigenvalue weighted by atomic mass is 19.4. The summed E-state index contributed by atoms with van der Waals surface area (Å²) in [6, 6.07) is 0.0247. The van der Waals surface area contributed by atoms with E-state index in [1.165, 1.54) is 7.05 Å². The molecule has 0 aromatic carbocycles. The Bertz CT molecular complexity index is 399. The van der Waals surface area contributed by atoms with E-state index in [-0.39, 0.29) is 23.0 Å². The van der Waals surface area contributed by atoms with Crippen LogP contribution in [0.1, 0.15) is 27.2 Å². The molecule has 21 heavy (non-hydrogen) atoms. The fourth-order valence-corrected chi connectivity index (χ4v) is 2.39. The summed E-state index contributed by atoms with van der Waals surface area (Å²) in [5, 5.41) is 14.5. The number of halogens is 3. The van der Waals surface area contributed by atoms with Crippen molar-refractivity contribution in [2.45, 2.75) is 51.1 Å². The third kappa shape index (κ3) is 3.60. The molecule has 1 rings (SSSR count). The second-order valence-electron chi connectivity index (χ2n) is 6.07. The van der Waals surface area contributed by atoms with Crippen LogP contribution in [-0.4, -0.2) is 55.7 Å². The van der Waals surface area contributed by atoms with Gasteiger partial charge in [0.05, 0.1) is 12.1 Å². The molecular weight excluding hydrogens is 287 g/mol. The van der Waals surface area contributed by atoms with Crippen molar-refractivity contribution in [1.82, 2.24) is 10.6 Å². The minimum atomic E-state index is -4.64. The van der Waals surface area contributed by atoms with Crippen LogP contribution in [0.4, 0.5) is 13.2 Å². The molecule has 8 heteroatoms. The zero-order valence-electron chi connectivity index (χ0n) is 13.0. The van der Waals surface area contributed by atoms with Crippen LogP contribution in [0.25, 0.3) is 0 Å². The van der Waals surface area contributed by atoms with E-state index < -0.39 is 18.8 Å². The van der Waals surface area contributed by atoms with Crippen molar-refractivity contribution in [3.63, 3.8) is 0 Å². The Hall–Kier alpha value is -1.02. The van der Waals surface area contributed by atoms with Crippen LogP contribution in [0, 0.1) is 5.41 Å². The molecule has 0 aromatic rings. The summed E-state index contributed by atoms with van der Waals surface area (Å²) in [7, 11) is 3.11. The Morgan fingerprint density at radius 3 is 2.38 bits per heavy atom. The molecule has 0 saturated heterocycles. The van der Waals surface area contributed by atoms with Gasteiger partial charge < -0.3 is 20.5 Å². The molecule has 0 amide bonds. The van der Waals surface area contributed by atoms with Crippen molar-refractivity contribution in [1.29, 1.82) is 0 Å². The van der Waals surface area contributed by atoms with E-state index in [4.69, 9.17) is 9.84 Å². The summed E-state index contributed by atoms with van der Waals surface area (Å²) in [5.74, 6) is 0.231. The van der Waals surface area contributed by atoms with Gasteiger partial charge in [0.1, 0.15) is 0 Å². The highest BCUT2D eigenvalue weighted by Gasteiger charge is 2.58. The average Bonchev–Trinajstić information content (AvgIpc) is 2.40. The highest BCUT2D eigenvalue weighted by Crippen LogP contribution is 2.51. The Labute approximate surface area is 123 Å². The molecule has 1 fully saturated rings. The predicted octanol–water partition coefficient (Wildman–Crippen LogP) is 1.28. The summed E-state index contributed by atoms with van der Waals surface area (Å²) in [4.78, 5) is 3.88. The molecule has 1 aliphatic rings. The minimum absolute atomic E-state index is 0.0247. The molecule has 0 spiro atoms. The monoisotopic (exact) mass is 311 g/mol.